The number of amides is 1. The lowest BCUT2D eigenvalue weighted by molar-refractivity contribution is 0.102. The third-order valence-corrected chi connectivity index (χ3v) is 3.09. The summed E-state index contributed by atoms with van der Waals surface area (Å²) in [5, 5.41) is 2.84. The molecule has 0 spiro atoms. The molecule has 0 heterocycles. The van der Waals surface area contributed by atoms with Crippen molar-refractivity contribution < 1.29 is 19.0 Å². The van der Waals surface area contributed by atoms with Crippen molar-refractivity contribution in [3.05, 3.63) is 48.0 Å². The highest BCUT2D eigenvalue weighted by atomic mass is 16.5. The predicted molar refractivity (Wildman–Crippen MR) is 85.1 cm³/mol. The molecular weight excluding hydrogens is 282 g/mol. The van der Waals surface area contributed by atoms with Crippen molar-refractivity contribution in [1.82, 2.24) is 0 Å². The van der Waals surface area contributed by atoms with Crippen LogP contribution in [0.25, 0.3) is 0 Å². The maximum atomic E-state index is 12.5. The number of hydrogen-bond donors (Lipinski definition) is 1. The number of carbonyl (C=O) groups is 1. The Labute approximate surface area is 129 Å². The molecule has 0 aliphatic carbocycles. The molecule has 5 heteroatoms. The van der Waals surface area contributed by atoms with Crippen molar-refractivity contribution in [2.75, 3.05) is 26.1 Å². The van der Waals surface area contributed by atoms with Gasteiger partial charge in [0, 0.05) is 6.07 Å². The van der Waals surface area contributed by atoms with Gasteiger partial charge in [-0.2, -0.15) is 0 Å². The van der Waals surface area contributed by atoms with Crippen LogP contribution >= 0.6 is 0 Å². The van der Waals surface area contributed by atoms with E-state index in [1.54, 1.807) is 31.4 Å². The van der Waals surface area contributed by atoms with Gasteiger partial charge in [-0.05, 0) is 31.2 Å². The molecule has 5 nitrogen and oxygen atoms in total. The average molecular weight is 301 g/mol. The number of ether oxygens (including phenoxy) is 3. The molecule has 2 aromatic carbocycles. The van der Waals surface area contributed by atoms with Crippen LogP contribution < -0.4 is 19.5 Å². The topological polar surface area (TPSA) is 56.8 Å². The van der Waals surface area contributed by atoms with Crippen LogP contribution in [0.3, 0.4) is 0 Å². The first-order valence-electron chi connectivity index (χ1n) is 6.94. The van der Waals surface area contributed by atoms with Gasteiger partial charge < -0.3 is 19.5 Å². The van der Waals surface area contributed by atoms with E-state index in [4.69, 9.17) is 14.2 Å². The minimum absolute atomic E-state index is 0.272. The molecule has 1 N–H and O–H groups in total. The quantitative estimate of drug-likeness (QED) is 0.889. The Morgan fingerprint density at radius 3 is 2.50 bits per heavy atom. The van der Waals surface area contributed by atoms with E-state index in [2.05, 4.69) is 5.32 Å². The Hall–Kier alpha value is -2.69. The number of anilines is 1. The molecule has 0 fully saturated rings. The van der Waals surface area contributed by atoms with Gasteiger partial charge in [0.25, 0.3) is 5.91 Å². The molecule has 2 aromatic rings. The summed E-state index contributed by atoms with van der Waals surface area (Å²) in [7, 11) is 3.08. The van der Waals surface area contributed by atoms with Gasteiger partial charge in [0.2, 0.25) is 0 Å². The summed E-state index contributed by atoms with van der Waals surface area (Å²) in [5.74, 6) is 1.44. The summed E-state index contributed by atoms with van der Waals surface area (Å²) in [4.78, 5) is 12.5. The summed E-state index contributed by atoms with van der Waals surface area (Å²) >= 11 is 0. The zero-order chi connectivity index (χ0) is 15.9. The van der Waals surface area contributed by atoms with Crippen molar-refractivity contribution >= 4 is 11.6 Å². The van der Waals surface area contributed by atoms with Crippen LogP contribution in [0.5, 0.6) is 17.2 Å². The van der Waals surface area contributed by atoms with Crippen molar-refractivity contribution in [2.45, 2.75) is 6.92 Å². The Kier molecular flexibility index (Phi) is 5.25. The van der Waals surface area contributed by atoms with Crippen LogP contribution in [0, 0.1) is 0 Å². The number of hydrogen-bond acceptors (Lipinski definition) is 4. The van der Waals surface area contributed by atoms with Gasteiger partial charge in [-0.3, -0.25) is 4.79 Å². The third-order valence-electron chi connectivity index (χ3n) is 3.09. The first kappa shape index (κ1) is 15.7. The number of rotatable bonds is 6. The van der Waals surface area contributed by atoms with E-state index in [0.717, 1.165) is 0 Å². The maximum Gasteiger partial charge on any atom is 0.259 e. The van der Waals surface area contributed by atoms with E-state index >= 15 is 0 Å². The molecule has 0 radical (unpaired) electrons. The second-order valence-corrected chi connectivity index (χ2v) is 4.45. The number of para-hydroxylation sites is 2. The lowest BCUT2D eigenvalue weighted by Gasteiger charge is -2.13. The summed E-state index contributed by atoms with van der Waals surface area (Å²) < 4.78 is 15.9. The van der Waals surface area contributed by atoms with E-state index < -0.39 is 0 Å². The molecule has 22 heavy (non-hydrogen) atoms. The fourth-order valence-electron chi connectivity index (χ4n) is 2.03. The molecule has 2 rings (SSSR count). The lowest BCUT2D eigenvalue weighted by Crippen LogP contribution is -2.14. The van der Waals surface area contributed by atoms with Crippen molar-refractivity contribution in [2.24, 2.45) is 0 Å². The van der Waals surface area contributed by atoms with Crippen LogP contribution in [0.4, 0.5) is 5.69 Å². The SMILES string of the molecule is CCOc1ccccc1NC(=O)c1ccc(OC)cc1OC. The van der Waals surface area contributed by atoms with E-state index in [1.165, 1.54) is 7.11 Å². The van der Waals surface area contributed by atoms with Gasteiger partial charge in [0.05, 0.1) is 32.1 Å². The van der Waals surface area contributed by atoms with Gasteiger partial charge in [0.15, 0.2) is 0 Å². The highest BCUT2D eigenvalue weighted by Gasteiger charge is 2.15. The highest BCUT2D eigenvalue weighted by Crippen LogP contribution is 2.28. The number of methoxy groups -OCH3 is 2. The summed E-state index contributed by atoms with van der Waals surface area (Å²) in [5.41, 5.74) is 1.04. The van der Waals surface area contributed by atoms with Gasteiger partial charge >= 0.3 is 0 Å². The molecule has 1 amide bonds. The Bertz CT molecular complexity index is 655. The van der Waals surface area contributed by atoms with Crippen LogP contribution in [-0.2, 0) is 0 Å². The smallest absolute Gasteiger partial charge is 0.259 e. The fraction of sp³-hybridized carbons (Fsp3) is 0.235. The zero-order valence-electron chi connectivity index (χ0n) is 12.9. The van der Waals surface area contributed by atoms with E-state index in [1.807, 2.05) is 25.1 Å². The van der Waals surface area contributed by atoms with E-state index in [0.29, 0.717) is 35.1 Å². The summed E-state index contributed by atoms with van der Waals surface area (Å²) in [6.45, 7) is 2.42. The maximum absolute atomic E-state index is 12.5. The second kappa shape index (κ2) is 7.36. The first-order valence-corrected chi connectivity index (χ1v) is 6.94. The summed E-state index contributed by atoms with van der Waals surface area (Å²) in [6.07, 6.45) is 0. The van der Waals surface area contributed by atoms with Gasteiger partial charge in [-0.15, -0.1) is 0 Å². The molecule has 0 saturated carbocycles. The molecule has 0 unspecified atom stereocenters. The Balaban J connectivity index is 2.26. The van der Waals surface area contributed by atoms with Crippen molar-refractivity contribution in [1.29, 1.82) is 0 Å². The van der Waals surface area contributed by atoms with Crippen molar-refractivity contribution in [3.8, 4) is 17.2 Å². The molecule has 0 atom stereocenters. The minimum Gasteiger partial charge on any atom is -0.497 e. The second-order valence-electron chi connectivity index (χ2n) is 4.45. The zero-order valence-corrected chi connectivity index (χ0v) is 12.9. The predicted octanol–water partition coefficient (Wildman–Crippen LogP) is 3.35. The molecule has 0 aromatic heterocycles. The van der Waals surface area contributed by atoms with Gasteiger partial charge in [-0.1, -0.05) is 12.1 Å². The molecule has 0 bridgehead atoms. The first-order chi connectivity index (χ1) is 10.7. The fourth-order valence-corrected chi connectivity index (χ4v) is 2.03. The van der Waals surface area contributed by atoms with Gasteiger partial charge in [0.1, 0.15) is 17.2 Å². The van der Waals surface area contributed by atoms with Crippen LogP contribution in [0.15, 0.2) is 42.5 Å². The number of benzene rings is 2. The molecule has 116 valence electrons. The Morgan fingerprint density at radius 2 is 1.82 bits per heavy atom. The average Bonchev–Trinajstić information content (AvgIpc) is 2.56. The van der Waals surface area contributed by atoms with Crippen LogP contribution in [-0.4, -0.2) is 26.7 Å². The van der Waals surface area contributed by atoms with Crippen molar-refractivity contribution in [3.63, 3.8) is 0 Å². The third kappa shape index (κ3) is 3.49. The van der Waals surface area contributed by atoms with E-state index in [9.17, 15) is 4.79 Å². The number of carbonyl (C=O) groups excluding carboxylic acids is 1. The molecule has 0 aliphatic heterocycles. The molecule has 0 saturated heterocycles. The largest absolute Gasteiger partial charge is 0.497 e. The van der Waals surface area contributed by atoms with Crippen LogP contribution in [0.2, 0.25) is 0 Å². The van der Waals surface area contributed by atoms with E-state index in [-0.39, 0.29) is 5.91 Å². The van der Waals surface area contributed by atoms with Gasteiger partial charge in [-0.25, -0.2) is 0 Å². The standard InChI is InChI=1S/C17H19NO4/c1-4-22-15-8-6-5-7-14(15)18-17(19)13-10-9-12(20-2)11-16(13)21-3/h5-11H,4H2,1-3H3,(H,18,19). The lowest BCUT2D eigenvalue weighted by atomic mass is 10.1. The summed E-state index contributed by atoms with van der Waals surface area (Å²) in [6, 6.07) is 12.3. The Morgan fingerprint density at radius 1 is 1.05 bits per heavy atom. The molecular formula is C17H19NO4. The highest BCUT2D eigenvalue weighted by molar-refractivity contribution is 6.07. The normalized spacial score (nSPS) is 9.95. The molecule has 0 aliphatic rings. The monoisotopic (exact) mass is 301 g/mol. The minimum atomic E-state index is -0.272. The number of nitrogens with one attached hydrogen (secondary N) is 1. The van der Waals surface area contributed by atoms with Crippen LogP contribution in [0.1, 0.15) is 17.3 Å².